The van der Waals surface area contributed by atoms with Gasteiger partial charge in [0.05, 0.1) is 24.8 Å². The van der Waals surface area contributed by atoms with Crippen LogP contribution in [0.5, 0.6) is 0 Å². The number of anilines is 2. The third-order valence-electron chi connectivity index (χ3n) is 2.87. The summed E-state index contributed by atoms with van der Waals surface area (Å²) >= 11 is 0. The first-order valence-electron chi connectivity index (χ1n) is 6.65. The first-order valence-corrected chi connectivity index (χ1v) is 6.65. The summed E-state index contributed by atoms with van der Waals surface area (Å²) in [5.74, 6) is 1.27. The summed E-state index contributed by atoms with van der Waals surface area (Å²) in [5.41, 5.74) is 0.857. The van der Waals surface area contributed by atoms with E-state index >= 15 is 0 Å². The lowest BCUT2D eigenvalue weighted by Gasteiger charge is -2.17. The standard InChI is InChI=1S/C14H20N4O2/c1-3-15-14-17-12-7-5-4-6-11(12)13(18-14)16-10(8-19)9-20-2/h4-7,10,19H,3,8-9H2,1-2H3,(H2,15,16,17,18). The Morgan fingerprint density at radius 1 is 1.30 bits per heavy atom. The minimum Gasteiger partial charge on any atom is -0.394 e. The Kier molecular flexibility index (Phi) is 5.09. The molecule has 2 rings (SSSR count). The number of aromatic nitrogens is 2. The Balaban J connectivity index is 2.38. The number of rotatable bonds is 7. The van der Waals surface area contributed by atoms with Crippen LogP contribution in [0.25, 0.3) is 10.9 Å². The topological polar surface area (TPSA) is 79.3 Å². The second-order valence-corrected chi connectivity index (χ2v) is 4.42. The van der Waals surface area contributed by atoms with Crippen LogP contribution < -0.4 is 10.6 Å². The Morgan fingerprint density at radius 2 is 2.10 bits per heavy atom. The minimum absolute atomic E-state index is 0.0251. The Labute approximate surface area is 118 Å². The van der Waals surface area contributed by atoms with Crippen LogP contribution >= 0.6 is 0 Å². The molecule has 0 aliphatic heterocycles. The van der Waals surface area contributed by atoms with Gasteiger partial charge in [-0.3, -0.25) is 0 Å². The Morgan fingerprint density at radius 3 is 2.80 bits per heavy atom. The van der Waals surface area contributed by atoms with E-state index < -0.39 is 0 Å². The summed E-state index contributed by atoms with van der Waals surface area (Å²) < 4.78 is 5.08. The van der Waals surface area contributed by atoms with E-state index in [9.17, 15) is 5.11 Å². The normalized spacial score (nSPS) is 12.3. The number of benzene rings is 1. The maximum Gasteiger partial charge on any atom is 0.225 e. The maximum absolute atomic E-state index is 9.36. The maximum atomic E-state index is 9.36. The minimum atomic E-state index is -0.201. The lowest BCUT2D eigenvalue weighted by molar-refractivity contribution is 0.153. The molecule has 1 aromatic heterocycles. The molecule has 1 unspecified atom stereocenters. The monoisotopic (exact) mass is 276 g/mol. The highest BCUT2D eigenvalue weighted by Gasteiger charge is 2.12. The fraction of sp³-hybridized carbons (Fsp3) is 0.429. The van der Waals surface area contributed by atoms with Crippen molar-refractivity contribution in [2.24, 2.45) is 0 Å². The van der Waals surface area contributed by atoms with E-state index in [0.29, 0.717) is 18.4 Å². The highest BCUT2D eigenvalue weighted by molar-refractivity contribution is 5.90. The molecule has 1 aromatic carbocycles. The molecule has 6 heteroatoms. The van der Waals surface area contributed by atoms with Crippen LogP contribution in [-0.2, 0) is 4.74 Å². The SMILES string of the molecule is CCNc1nc(NC(CO)COC)c2ccccc2n1. The van der Waals surface area contributed by atoms with E-state index in [1.165, 1.54) is 0 Å². The summed E-state index contributed by atoms with van der Waals surface area (Å²) in [4.78, 5) is 8.91. The van der Waals surface area contributed by atoms with Crippen molar-refractivity contribution < 1.29 is 9.84 Å². The molecule has 0 saturated carbocycles. The average molecular weight is 276 g/mol. The number of nitrogens with one attached hydrogen (secondary N) is 2. The molecule has 1 heterocycles. The second-order valence-electron chi connectivity index (χ2n) is 4.42. The van der Waals surface area contributed by atoms with Crippen molar-refractivity contribution in [3.05, 3.63) is 24.3 Å². The van der Waals surface area contributed by atoms with Gasteiger partial charge in [-0.25, -0.2) is 4.98 Å². The van der Waals surface area contributed by atoms with Crippen LogP contribution in [0.1, 0.15) is 6.92 Å². The zero-order valence-electron chi connectivity index (χ0n) is 11.8. The molecule has 2 aromatic rings. The second kappa shape index (κ2) is 7.02. The van der Waals surface area contributed by atoms with Gasteiger partial charge in [0.1, 0.15) is 5.82 Å². The number of aliphatic hydroxyl groups is 1. The van der Waals surface area contributed by atoms with Crippen LogP contribution in [0.4, 0.5) is 11.8 Å². The number of hydrogen-bond acceptors (Lipinski definition) is 6. The van der Waals surface area contributed by atoms with Crippen molar-refractivity contribution in [2.75, 3.05) is 37.5 Å². The lowest BCUT2D eigenvalue weighted by atomic mass is 10.2. The van der Waals surface area contributed by atoms with E-state index in [4.69, 9.17) is 4.74 Å². The number of nitrogens with zero attached hydrogens (tertiary/aromatic N) is 2. The molecule has 6 nitrogen and oxygen atoms in total. The molecule has 0 aliphatic rings. The van der Waals surface area contributed by atoms with Gasteiger partial charge in [-0.1, -0.05) is 12.1 Å². The summed E-state index contributed by atoms with van der Waals surface area (Å²) in [5, 5.41) is 16.6. The quantitative estimate of drug-likeness (QED) is 0.711. The van der Waals surface area contributed by atoms with Crippen molar-refractivity contribution in [1.82, 2.24) is 9.97 Å². The molecule has 0 spiro atoms. The third kappa shape index (κ3) is 3.34. The van der Waals surface area contributed by atoms with Gasteiger partial charge >= 0.3 is 0 Å². The number of hydrogen-bond donors (Lipinski definition) is 3. The van der Waals surface area contributed by atoms with Gasteiger partial charge in [0.15, 0.2) is 0 Å². The van der Waals surface area contributed by atoms with Gasteiger partial charge in [-0.2, -0.15) is 4.98 Å². The van der Waals surface area contributed by atoms with Crippen molar-refractivity contribution >= 4 is 22.7 Å². The van der Waals surface area contributed by atoms with E-state index in [1.54, 1.807) is 7.11 Å². The van der Waals surface area contributed by atoms with E-state index in [0.717, 1.165) is 17.4 Å². The molecule has 108 valence electrons. The molecule has 0 fully saturated rings. The van der Waals surface area contributed by atoms with Crippen LogP contribution in [0.2, 0.25) is 0 Å². The van der Waals surface area contributed by atoms with E-state index in [2.05, 4.69) is 20.6 Å². The molecular formula is C14H20N4O2. The number of para-hydroxylation sites is 1. The molecule has 0 amide bonds. The van der Waals surface area contributed by atoms with Gasteiger partial charge in [0, 0.05) is 19.0 Å². The number of methoxy groups -OCH3 is 1. The number of fused-ring (bicyclic) bond motifs is 1. The summed E-state index contributed by atoms with van der Waals surface area (Å²) in [6, 6.07) is 7.57. The highest BCUT2D eigenvalue weighted by atomic mass is 16.5. The first kappa shape index (κ1) is 14.5. The summed E-state index contributed by atoms with van der Waals surface area (Å²) in [6.07, 6.45) is 0. The summed E-state index contributed by atoms with van der Waals surface area (Å²) in [7, 11) is 1.60. The largest absolute Gasteiger partial charge is 0.394 e. The average Bonchev–Trinajstić information content (AvgIpc) is 2.47. The van der Waals surface area contributed by atoms with E-state index in [-0.39, 0.29) is 12.6 Å². The first-order chi connectivity index (χ1) is 9.78. The van der Waals surface area contributed by atoms with Crippen LogP contribution in [0.15, 0.2) is 24.3 Å². The smallest absolute Gasteiger partial charge is 0.225 e. The predicted octanol–water partition coefficient (Wildman–Crippen LogP) is 1.48. The fourth-order valence-electron chi connectivity index (χ4n) is 1.96. The van der Waals surface area contributed by atoms with Crippen LogP contribution in [0, 0.1) is 0 Å². The third-order valence-corrected chi connectivity index (χ3v) is 2.87. The lowest BCUT2D eigenvalue weighted by Crippen LogP contribution is -2.29. The predicted molar refractivity (Wildman–Crippen MR) is 80.1 cm³/mol. The van der Waals surface area contributed by atoms with Gasteiger partial charge in [0.2, 0.25) is 5.95 Å². The van der Waals surface area contributed by atoms with Crippen LogP contribution in [0.3, 0.4) is 0 Å². The van der Waals surface area contributed by atoms with Gasteiger partial charge < -0.3 is 20.5 Å². The molecular weight excluding hydrogens is 256 g/mol. The molecule has 0 radical (unpaired) electrons. The molecule has 0 aliphatic carbocycles. The molecule has 3 N–H and O–H groups in total. The fourth-order valence-corrected chi connectivity index (χ4v) is 1.96. The zero-order chi connectivity index (χ0) is 14.4. The summed E-state index contributed by atoms with van der Waals surface area (Å²) in [6.45, 7) is 3.13. The van der Waals surface area contributed by atoms with Crippen LogP contribution in [-0.4, -0.2) is 48.0 Å². The highest BCUT2D eigenvalue weighted by Crippen LogP contribution is 2.22. The van der Waals surface area contributed by atoms with Crippen molar-refractivity contribution in [1.29, 1.82) is 0 Å². The molecule has 1 atom stereocenters. The van der Waals surface area contributed by atoms with Crippen molar-refractivity contribution in [2.45, 2.75) is 13.0 Å². The van der Waals surface area contributed by atoms with Gasteiger partial charge in [-0.05, 0) is 19.1 Å². The van der Waals surface area contributed by atoms with Gasteiger partial charge in [-0.15, -0.1) is 0 Å². The van der Waals surface area contributed by atoms with Crippen molar-refractivity contribution in [3.63, 3.8) is 0 Å². The number of ether oxygens (including phenoxy) is 1. The number of aliphatic hydroxyl groups excluding tert-OH is 1. The zero-order valence-corrected chi connectivity index (χ0v) is 11.8. The Hall–Kier alpha value is -1.92. The van der Waals surface area contributed by atoms with Gasteiger partial charge in [0.25, 0.3) is 0 Å². The Bertz CT molecular complexity index is 562. The molecule has 0 saturated heterocycles. The molecule has 20 heavy (non-hydrogen) atoms. The molecule has 0 bridgehead atoms. The van der Waals surface area contributed by atoms with E-state index in [1.807, 2.05) is 31.2 Å². The van der Waals surface area contributed by atoms with Crippen molar-refractivity contribution in [3.8, 4) is 0 Å².